The van der Waals surface area contributed by atoms with E-state index in [9.17, 15) is 0 Å². The first-order valence-electron chi connectivity index (χ1n) is 5.32. The van der Waals surface area contributed by atoms with Crippen LogP contribution in [-0.2, 0) is 4.74 Å². The summed E-state index contributed by atoms with van der Waals surface area (Å²) in [6.07, 6.45) is 0.876. The van der Waals surface area contributed by atoms with Gasteiger partial charge in [0.1, 0.15) is 5.75 Å². The van der Waals surface area contributed by atoms with Crippen LogP contribution < -0.4 is 10.5 Å². The first-order valence-corrected chi connectivity index (χ1v) is 6.11. The summed E-state index contributed by atoms with van der Waals surface area (Å²) < 4.78 is 11.7. The predicted octanol–water partition coefficient (Wildman–Crippen LogP) is 2.88. The lowest BCUT2D eigenvalue weighted by molar-refractivity contribution is 0.171. The van der Waals surface area contributed by atoms with E-state index >= 15 is 0 Å². The second kappa shape index (κ2) is 6.89. The molecule has 0 heterocycles. The Balaban J connectivity index is 2.65. The molecule has 0 aliphatic heterocycles. The van der Waals surface area contributed by atoms with Crippen LogP contribution in [0.1, 0.15) is 24.9 Å². The highest BCUT2D eigenvalue weighted by molar-refractivity contribution is 9.10. The number of rotatable bonds is 6. The quantitative estimate of drug-likeness (QED) is 0.819. The average molecular weight is 288 g/mol. The van der Waals surface area contributed by atoms with Gasteiger partial charge in [0.15, 0.2) is 0 Å². The van der Waals surface area contributed by atoms with Gasteiger partial charge in [-0.05, 0) is 19.1 Å². The summed E-state index contributed by atoms with van der Waals surface area (Å²) in [5.74, 6) is 0.848. The molecule has 0 radical (unpaired) electrons. The van der Waals surface area contributed by atoms with Gasteiger partial charge < -0.3 is 15.2 Å². The minimum atomic E-state index is -0.0227. The standard InChI is InChI=1S/C12H18BrNO2/c1-9(14)11-5-4-10(13)8-12(11)16-7-3-6-15-2/h4-5,8-9H,3,6-7,14H2,1-2H3. The summed E-state index contributed by atoms with van der Waals surface area (Å²) in [4.78, 5) is 0. The highest BCUT2D eigenvalue weighted by atomic mass is 79.9. The van der Waals surface area contributed by atoms with Crippen molar-refractivity contribution in [1.82, 2.24) is 0 Å². The molecule has 1 unspecified atom stereocenters. The molecule has 4 heteroatoms. The molecule has 90 valence electrons. The fourth-order valence-electron chi connectivity index (χ4n) is 1.39. The summed E-state index contributed by atoms with van der Waals surface area (Å²) in [7, 11) is 1.69. The van der Waals surface area contributed by atoms with E-state index in [1.807, 2.05) is 25.1 Å². The number of halogens is 1. The largest absolute Gasteiger partial charge is 0.493 e. The van der Waals surface area contributed by atoms with Crippen LogP contribution in [0, 0.1) is 0 Å². The molecule has 16 heavy (non-hydrogen) atoms. The Hall–Kier alpha value is -0.580. The third-order valence-corrected chi connectivity index (χ3v) is 2.71. The molecule has 1 atom stereocenters. The lowest BCUT2D eigenvalue weighted by Gasteiger charge is -2.14. The second-order valence-electron chi connectivity index (χ2n) is 3.67. The summed E-state index contributed by atoms with van der Waals surface area (Å²) in [6.45, 7) is 3.30. The summed E-state index contributed by atoms with van der Waals surface area (Å²) >= 11 is 3.42. The van der Waals surface area contributed by atoms with Gasteiger partial charge in [-0.25, -0.2) is 0 Å². The monoisotopic (exact) mass is 287 g/mol. The van der Waals surface area contributed by atoms with Crippen molar-refractivity contribution in [2.75, 3.05) is 20.3 Å². The Morgan fingerprint density at radius 2 is 2.12 bits per heavy atom. The van der Waals surface area contributed by atoms with E-state index in [-0.39, 0.29) is 6.04 Å². The van der Waals surface area contributed by atoms with E-state index in [1.54, 1.807) is 7.11 Å². The molecule has 3 nitrogen and oxygen atoms in total. The van der Waals surface area contributed by atoms with Crippen LogP contribution in [0.25, 0.3) is 0 Å². The lowest BCUT2D eigenvalue weighted by Crippen LogP contribution is -2.09. The summed E-state index contributed by atoms with van der Waals surface area (Å²) in [5, 5.41) is 0. The molecule has 0 amide bonds. The number of hydrogen-bond donors (Lipinski definition) is 1. The van der Waals surface area contributed by atoms with Crippen molar-refractivity contribution in [1.29, 1.82) is 0 Å². The molecule has 0 aromatic heterocycles. The number of hydrogen-bond acceptors (Lipinski definition) is 3. The van der Waals surface area contributed by atoms with Crippen molar-refractivity contribution in [3.63, 3.8) is 0 Å². The van der Waals surface area contributed by atoms with Crippen molar-refractivity contribution in [3.8, 4) is 5.75 Å². The van der Waals surface area contributed by atoms with Gasteiger partial charge in [0.05, 0.1) is 6.61 Å². The maximum absolute atomic E-state index is 5.88. The molecule has 1 rings (SSSR count). The predicted molar refractivity (Wildman–Crippen MR) is 68.7 cm³/mol. The van der Waals surface area contributed by atoms with Crippen LogP contribution in [0.4, 0.5) is 0 Å². The molecular formula is C12H18BrNO2. The molecule has 0 saturated carbocycles. The zero-order valence-electron chi connectivity index (χ0n) is 9.70. The Morgan fingerprint density at radius 3 is 2.75 bits per heavy atom. The van der Waals surface area contributed by atoms with Gasteiger partial charge in [-0.15, -0.1) is 0 Å². The summed E-state index contributed by atoms with van der Waals surface area (Å²) in [5.41, 5.74) is 6.90. The third kappa shape index (κ3) is 4.12. The highest BCUT2D eigenvalue weighted by Crippen LogP contribution is 2.27. The second-order valence-corrected chi connectivity index (χ2v) is 4.58. The van der Waals surface area contributed by atoms with Crippen molar-refractivity contribution in [3.05, 3.63) is 28.2 Å². The fourth-order valence-corrected chi connectivity index (χ4v) is 1.73. The Kier molecular flexibility index (Phi) is 5.80. The number of ether oxygens (including phenoxy) is 2. The van der Waals surface area contributed by atoms with E-state index in [1.165, 1.54) is 0 Å². The molecule has 0 fully saturated rings. The number of methoxy groups -OCH3 is 1. The molecule has 1 aromatic carbocycles. The first-order chi connectivity index (χ1) is 7.65. The molecule has 1 aromatic rings. The van der Waals surface area contributed by atoms with E-state index in [0.29, 0.717) is 13.2 Å². The normalized spacial score (nSPS) is 12.5. The van der Waals surface area contributed by atoms with Gasteiger partial charge in [-0.3, -0.25) is 0 Å². The topological polar surface area (TPSA) is 44.5 Å². The van der Waals surface area contributed by atoms with Crippen molar-refractivity contribution in [2.45, 2.75) is 19.4 Å². The number of nitrogens with two attached hydrogens (primary N) is 1. The molecule has 0 saturated heterocycles. The van der Waals surface area contributed by atoms with Gasteiger partial charge >= 0.3 is 0 Å². The molecule has 2 N–H and O–H groups in total. The van der Waals surface area contributed by atoms with E-state index < -0.39 is 0 Å². The lowest BCUT2D eigenvalue weighted by atomic mass is 10.1. The van der Waals surface area contributed by atoms with Crippen LogP contribution in [0.3, 0.4) is 0 Å². The molecule has 0 spiro atoms. The SMILES string of the molecule is COCCCOc1cc(Br)ccc1C(C)N. The first kappa shape index (κ1) is 13.5. The van der Waals surface area contributed by atoms with Crippen LogP contribution >= 0.6 is 15.9 Å². The zero-order chi connectivity index (χ0) is 12.0. The van der Waals surface area contributed by atoms with E-state index in [4.69, 9.17) is 15.2 Å². The minimum Gasteiger partial charge on any atom is -0.493 e. The average Bonchev–Trinajstić information content (AvgIpc) is 2.24. The van der Waals surface area contributed by atoms with Crippen molar-refractivity contribution >= 4 is 15.9 Å². The zero-order valence-corrected chi connectivity index (χ0v) is 11.3. The maximum atomic E-state index is 5.88. The maximum Gasteiger partial charge on any atom is 0.125 e. The van der Waals surface area contributed by atoms with Crippen LogP contribution in [-0.4, -0.2) is 20.3 Å². The Labute approximate surface area is 105 Å². The van der Waals surface area contributed by atoms with Crippen molar-refractivity contribution < 1.29 is 9.47 Å². The van der Waals surface area contributed by atoms with Gasteiger partial charge in [0, 0.05) is 36.2 Å². The van der Waals surface area contributed by atoms with E-state index in [2.05, 4.69) is 15.9 Å². The van der Waals surface area contributed by atoms with Gasteiger partial charge in [-0.1, -0.05) is 22.0 Å². The van der Waals surface area contributed by atoms with Crippen LogP contribution in [0.2, 0.25) is 0 Å². The van der Waals surface area contributed by atoms with Gasteiger partial charge in [-0.2, -0.15) is 0 Å². The number of benzene rings is 1. The summed E-state index contributed by atoms with van der Waals surface area (Å²) in [6, 6.07) is 5.89. The molecular weight excluding hydrogens is 270 g/mol. The molecule has 0 aliphatic rings. The van der Waals surface area contributed by atoms with Gasteiger partial charge in [0.2, 0.25) is 0 Å². The fraction of sp³-hybridized carbons (Fsp3) is 0.500. The van der Waals surface area contributed by atoms with Crippen molar-refractivity contribution in [2.24, 2.45) is 5.73 Å². The van der Waals surface area contributed by atoms with Gasteiger partial charge in [0.25, 0.3) is 0 Å². The van der Waals surface area contributed by atoms with Crippen LogP contribution in [0.5, 0.6) is 5.75 Å². The Morgan fingerprint density at radius 1 is 1.38 bits per heavy atom. The third-order valence-electron chi connectivity index (χ3n) is 2.22. The molecule has 0 aliphatic carbocycles. The van der Waals surface area contributed by atoms with E-state index in [0.717, 1.165) is 22.2 Å². The molecule has 0 bridgehead atoms. The smallest absolute Gasteiger partial charge is 0.125 e. The Bertz CT molecular complexity index is 329. The minimum absolute atomic E-state index is 0.0227. The van der Waals surface area contributed by atoms with Crippen LogP contribution in [0.15, 0.2) is 22.7 Å². The highest BCUT2D eigenvalue weighted by Gasteiger charge is 2.08.